The Morgan fingerprint density at radius 3 is 2.68 bits per heavy atom. The van der Waals surface area contributed by atoms with Crippen LogP contribution in [-0.4, -0.2) is 41.3 Å². The van der Waals surface area contributed by atoms with Crippen molar-refractivity contribution < 1.29 is 19.1 Å². The first-order valence-electron chi connectivity index (χ1n) is 8.56. The maximum atomic E-state index is 14.1. The third-order valence-electron chi connectivity index (χ3n) is 4.31. The Kier molecular flexibility index (Phi) is 5.21. The summed E-state index contributed by atoms with van der Waals surface area (Å²) in [5, 5.41) is 16.0. The summed E-state index contributed by atoms with van der Waals surface area (Å²) >= 11 is 0. The van der Waals surface area contributed by atoms with Gasteiger partial charge in [-0.3, -0.25) is 4.79 Å². The fourth-order valence-corrected chi connectivity index (χ4v) is 2.92. The van der Waals surface area contributed by atoms with Gasteiger partial charge in [-0.05, 0) is 32.0 Å². The number of imidazole rings is 1. The van der Waals surface area contributed by atoms with Crippen molar-refractivity contribution in [3.63, 3.8) is 0 Å². The van der Waals surface area contributed by atoms with E-state index < -0.39 is 23.7 Å². The molecule has 0 spiro atoms. The summed E-state index contributed by atoms with van der Waals surface area (Å²) in [5.74, 6) is -1.45. The topological polar surface area (TPSA) is 115 Å². The second kappa shape index (κ2) is 7.59. The maximum Gasteiger partial charge on any atom is 0.354 e. The molecular weight excluding hydrogens is 367 g/mol. The zero-order chi connectivity index (χ0) is 20.4. The van der Waals surface area contributed by atoms with Gasteiger partial charge in [0.25, 0.3) is 5.91 Å². The smallest absolute Gasteiger partial charge is 0.354 e. The predicted octanol–water partition coefficient (Wildman–Crippen LogP) is 2.03. The van der Waals surface area contributed by atoms with Gasteiger partial charge in [0.1, 0.15) is 29.5 Å². The molecule has 0 aliphatic heterocycles. The molecule has 2 N–H and O–H groups in total. The normalized spacial score (nSPS) is 12.0. The number of carboxylic acid groups (broad SMARTS) is 1. The van der Waals surface area contributed by atoms with E-state index in [-0.39, 0.29) is 17.1 Å². The number of hydrogen-bond donors (Lipinski definition) is 2. The van der Waals surface area contributed by atoms with Crippen molar-refractivity contribution in [2.75, 3.05) is 0 Å². The molecule has 0 fully saturated rings. The summed E-state index contributed by atoms with van der Waals surface area (Å²) in [7, 11) is 1.51. The number of aromatic nitrogens is 5. The number of carbonyl (C=O) groups excluding carboxylic acids is 1. The number of rotatable bonds is 6. The standard InChI is InChI=1S/C18H19FN6O3/c1-4-25-15(21-9-22-25)10(2)23-17(26)12-5-11(6-13(19)7-12)16-20-8-14(18(27)28)24(16)3/h5-10H,4H2,1-3H3,(H,23,26)(H,27,28). The minimum Gasteiger partial charge on any atom is -0.477 e. The monoisotopic (exact) mass is 386 g/mol. The van der Waals surface area contributed by atoms with Crippen molar-refractivity contribution in [3.8, 4) is 11.4 Å². The molecule has 2 heterocycles. The summed E-state index contributed by atoms with van der Waals surface area (Å²) in [4.78, 5) is 32.0. The molecule has 3 rings (SSSR count). The van der Waals surface area contributed by atoms with E-state index in [1.54, 1.807) is 11.6 Å². The van der Waals surface area contributed by atoms with Gasteiger partial charge in [0.2, 0.25) is 0 Å². The number of carboxylic acids is 1. The lowest BCUT2D eigenvalue weighted by molar-refractivity contribution is 0.0686. The van der Waals surface area contributed by atoms with Gasteiger partial charge in [0, 0.05) is 24.7 Å². The van der Waals surface area contributed by atoms with Crippen LogP contribution in [0.25, 0.3) is 11.4 Å². The van der Waals surface area contributed by atoms with E-state index >= 15 is 0 Å². The minimum absolute atomic E-state index is 0.0437. The molecule has 1 atom stereocenters. The fraction of sp³-hybridized carbons (Fsp3) is 0.278. The number of hydrogen-bond acceptors (Lipinski definition) is 5. The van der Waals surface area contributed by atoms with Crippen LogP contribution in [0.2, 0.25) is 0 Å². The van der Waals surface area contributed by atoms with Crippen LogP contribution in [0.5, 0.6) is 0 Å². The van der Waals surface area contributed by atoms with Crippen molar-refractivity contribution in [2.24, 2.45) is 7.05 Å². The van der Waals surface area contributed by atoms with E-state index in [4.69, 9.17) is 5.11 Å². The van der Waals surface area contributed by atoms with Crippen molar-refractivity contribution in [2.45, 2.75) is 26.4 Å². The van der Waals surface area contributed by atoms with E-state index in [0.29, 0.717) is 17.9 Å². The molecule has 28 heavy (non-hydrogen) atoms. The van der Waals surface area contributed by atoms with Gasteiger partial charge in [-0.15, -0.1) is 0 Å². The summed E-state index contributed by atoms with van der Waals surface area (Å²) < 4.78 is 17.1. The summed E-state index contributed by atoms with van der Waals surface area (Å²) in [5.41, 5.74) is 0.339. The van der Waals surface area contributed by atoms with Crippen LogP contribution in [-0.2, 0) is 13.6 Å². The molecule has 1 aromatic carbocycles. The first-order chi connectivity index (χ1) is 13.3. The van der Waals surface area contributed by atoms with Gasteiger partial charge < -0.3 is 15.0 Å². The quantitative estimate of drug-likeness (QED) is 0.670. The Hall–Kier alpha value is -3.56. The van der Waals surface area contributed by atoms with Crippen LogP contribution in [0.3, 0.4) is 0 Å². The highest BCUT2D eigenvalue weighted by molar-refractivity contribution is 5.95. The number of aromatic carboxylic acids is 1. The third kappa shape index (κ3) is 3.61. The van der Waals surface area contributed by atoms with Crippen LogP contribution in [0, 0.1) is 5.82 Å². The molecule has 0 radical (unpaired) electrons. The summed E-state index contributed by atoms with van der Waals surface area (Å²) in [6, 6.07) is 3.33. The van der Waals surface area contributed by atoms with Gasteiger partial charge in [-0.2, -0.15) is 5.10 Å². The lowest BCUT2D eigenvalue weighted by Crippen LogP contribution is -2.29. The summed E-state index contributed by atoms with van der Waals surface area (Å²) in [6.45, 7) is 4.26. The molecule has 1 unspecified atom stereocenters. The number of carbonyl (C=O) groups is 2. The second-order valence-corrected chi connectivity index (χ2v) is 6.19. The number of benzene rings is 1. The van der Waals surface area contributed by atoms with E-state index in [0.717, 1.165) is 6.07 Å². The Balaban J connectivity index is 1.89. The molecule has 1 amide bonds. The van der Waals surface area contributed by atoms with Gasteiger partial charge >= 0.3 is 5.97 Å². The zero-order valence-electron chi connectivity index (χ0n) is 15.5. The van der Waals surface area contributed by atoms with Crippen LogP contribution in [0.4, 0.5) is 4.39 Å². The van der Waals surface area contributed by atoms with Crippen molar-refractivity contribution in [1.29, 1.82) is 0 Å². The average molecular weight is 386 g/mol. The SMILES string of the molecule is CCn1ncnc1C(C)NC(=O)c1cc(F)cc(-c2ncc(C(=O)O)n2C)c1. The highest BCUT2D eigenvalue weighted by Crippen LogP contribution is 2.22. The molecule has 0 aliphatic carbocycles. The van der Waals surface area contributed by atoms with Crippen LogP contribution < -0.4 is 5.32 Å². The highest BCUT2D eigenvalue weighted by Gasteiger charge is 2.19. The molecule has 10 heteroatoms. The number of nitrogens with one attached hydrogen (secondary N) is 1. The Bertz CT molecular complexity index is 1040. The molecular formula is C18H19FN6O3. The van der Waals surface area contributed by atoms with Gasteiger partial charge in [0.15, 0.2) is 0 Å². The highest BCUT2D eigenvalue weighted by atomic mass is 19.1. The molecule has 0 aliphatic rings. The molecule has 146 valence electrons. The molecule has 9 nitrogen and oxygen atoms in total. The molecule has 0 bridgehead atoms. The first-order valence-corrected chi connectivity index (χ1v) is 8.56. The largest absolute Gasteiger partial charge is 0.477 e. The molecule has 0 saturated heterocycles. The van der Waals surface area contributed by atoms with Gasteiger partial charge in [0.05, 0.1) is 12.2 Å². The molecule has 0 saturated carbocycles. The van der Waals surface area contributed by atoms with Crippen LogP contribution >= 0.6 is 0 Å². The number of halogens is 1. The zero-order valence-corrected chi connectivity index (χ0v) is 15.5. The predicted molar refractivity (Wildman–Crippen MR) is 97.1 cm³/mol. The third-order valence-corrected chi connectivity index (χ3v) is 4.31. The molecule has 2 aromatic heterocycles. The van der Waals surface area contributed by atoms with Crippen LogP contribution in [0.15, 0.2) is 30.7 Å². The van der Waals surface area contributed by atoms with E-state index in [1.807, 2.05) is 6.92 Å². The Morgan fingerprint density at radius 1 is 1.29 bits per heavy atom. The fourth-order valence-electron chi connectivity index (χ4n) is 2.92. The van der Waals surface area contributed by atoms with Gasteiger partial charge in [-0.25, -0.2) is 23.8 Å². The van der Waals surface area contributed by atoms with Crippen molar-refractivity contribution >= 4 is 11.9 Å². The Labute approximate surface area is 159 Å². The maximum absolute atomic E-state index is 14.1. The number of nitrogens with zero attached hydrogens (tertiary/aromatic N) is 5. The summed E-state index contributed by atoms with van der Waals surface area (Å²) in [6.07, 6.45) is 2.59. The average Bonchev–Trinajstić information content (AvgIpc) is 3.27. The van der Waals surface area contributed by atoms with Crippen molar-refractivity contribution in [3.05, 3.63) is 53.6 Å². The number of aryl methyl sites for hydroxylation is 1. The van der Waals surface area contributed by atoms with E-state index in [9.17, 15) is 14.0 Å². The number of amides is 1. The first kappa shape index (κ1) is 19.2. The van der Waals surface area contributed by atoms with Crippen molar-refractivity contribution in [1.82, 2.24) is 29.6 Å². The van der Waals surface area contributed by atoms with E-state index in [2.05, 4.69) is 20.4 Å². The van der Waals surface area contributed by atoms with Crippen LogP contribution in [0.1, 0.15) is 46.6 Å². The Morgan fingerprint density at radius 2 is 2.04 bits per heavy atom. The lowest BCUT2D eigenvalue weighted by atomic mass is 10.1. The van der Waals surface area contributed by atoms with Gasteiger partial charge in [-0.1, -0.05) is 0 Å². The van der Waals surface area contributed by atoms with E-state index in [1.165, 1.54) is 36.3 Å². The second-order valence-electron chi connectivity index (χ2n) is 6.19. The minimum atomic E-state index is -1.15. The lowest BCUT2D eigenvalue weighted by Gasteiger charge is -2.14. The molecule has 3 aromatic rings.